The van der Waals surface area contributed by atoms with Crippen LogP contribution in [0, 0.1) is 10.8 Å². The molecule has 2 aliphatic heterocycles. The van der Waals surface area contributed by atoms with Gasteiger partial charge in [0.1, 0.15) is 23.5 Å². The maximum atomic E-state index is 13.1. The van der Waals surface area contributed by atoms with E-state index >= 15 is 0 Å². The molecule has 0 amide bonds. The lowest BCUT2D eigenvalue weighted by atomic mass is 10.0. The number of hydrogen-bond donors (Lipinski definition) is 3. The zero-order valence-electron chi connectivity index (χ0n) is 17.9. The Hall–Kier alpha value is -3.06. The maximum Gasteiger partial charge on any atom is 0.334 e. The summed E-state index contributed by atoms with van der Waals surface area (Å²) in [5, 5.41) is 16.4. The second kappa shape index (κ2) is 9.61. The van der Waals surface area contributed by atoms with Gasteiger partial charge in [0.05, 0.1) is 5.02 Å². The zero-order valence-corrected chi connectivity index (χ0v) is 18.7. The number of amidine groups is 2. The Labute approximate surface area is 193 Å². The van der Waals surface area contributed by atoms with Crippen LogP contribution in [0.1, 0.15) is 43.2 Å². The number of rotatable bonds is 5. The number of likely N-dealkylation sites (tertiary alicyclic amines) is 1. The molecule has 2 heterocycles. The minimum Gasteiger partial charge on any atom is -0.423 e. The van der Waals surface area contributed by atoms with Crippen LogP contribution >= 0.6 is 11.6 Å². The summed E-state index contributed by atoms with van der Waals surface area (Å²) in [7, 11) is 0. The van der Waals surface area contributed by atoms with Gasteiger partial charge in [-0.3, -0.25) is 10.8 Å². The molecule has 0 radical (unpaired) electrons. The van der Waals surface area contributed by atoms with E-state index in [1.807, 2.05) is 28.0 Å². The molecule has 7 nitrogen and oxygen atoms in total. The molecule has 8 heteroatoms. The Bertz CT molecular complexity index is 1030. The quantitative estimate of drug-likeness (QED) is 0.274. The first-order valence-corrected chi connectivity index (χ1v) is 11.4. The third-order valence-corrected chi connectivity index (χ3v) is 6.40. The number of nitrogens with one attached hydrogen (secondary N) is 2. The summed E-state index contributed by atoms with van der Waals surface area (Å²) in [5.74, 6) is 0.389. The first-order chi connectivity index (χ1) is 15.4. The molecule has 2 fully saturated rings. The highest BCUT2D eigenvalue weighted by atomic mass is 35.5. The first kappa shape index (κ1) is 22.1. The molecule has 1 atom stereocenters. The van der Waals surface area contributed by atoms with Gasteiger partial charge in [-0.1, -0.05) is 23.7 Å². The molecule has 0 aromatic heterocycles. The van der Waals surface area contributed by atoms with Crippen LogP contribution < -0.4 is 15.4 Å². The van der Waals surface area contributed by atoms with Crippen LogP contribution in [0.25, 0.3) is 0 Å². The van der Waals surface area contributed by atoms with Crippen molar-refractivity contribution < 1.29 is 9.53 Å². The van der Waals surface area contributed by atoms with E-state index in [9.17, 15) is 4.79 Å². The number of ether oxygens (including phenoxy) is 1. The van der Waals surface area contributed by atoms with Crippen molar-refractivity contribution in [3.63, 3.8) is 0 Å². The second-order valence-corrected chi connectivity index (χ2v) is 8.69. The van der Waals surface area contributed by atoms with Crippen molar-refractivity contribution in [2.24, 2.45) is 5.73 Å². The number of carbonyl (C=O) groups is 1. The van der Waals surface area contributed by atoms with Crippen molar-refractivity contribution in [1.82, 2.24) is 4.90 Å². The monoisotopic (exact) mass is 453 g/mol. The van der Waals surface area contributed by atoms with Crippen molar-refractivity contribution in [1.29, 1.82) is 10.8 Å². The number of anilines is 1. The smallest absolute Gasteiger partial charge is 0.334 e. The van der Waals surface area contributed by atoms with Gasteiger partial charge in [-0.15, -0.1) is 0 Å². The average Bonchev–Trinajstić information content (AvgIpc) is 3.35. The Kier molecular flexibility index (Phi) is 6.65. The van der Waals surface area contributed by atoms with Gasteiger partial charge in [-0.05, 0) is 62.4 Å². The lowest BCUT2D eigenvalue weighted by molar-refractivity contribution is -0.136. The third kappa shape index (κ3) is 4.72. The minimum atomic E-state index is -0.440. The molecule has 0 saturated carbocycles. The fourth-order valence-corrected chi connectivity index (χ4v) is 4.59. The number of benzene rings is 2. The van der Waals surface area contributed by atoms with Crippen molar-refractivity contribution in [2.45, 2.75) is 38.1 Å². The van der Waals surface area contributed by atoms with Gasteiger partial charge in [0, 0.05) is 36.4 Å². The molecule has 4 N–H and O–H groups in total. The van der Waals surface area contributed by atoms with Crippen molar-refractivity contribution in [3.8, 4) is 5.75 Å². The van der Waals surface area contributed by atoms with E-state index in [0.717, 1.165) is 56.6 Å². The Morgan fingerprint density at radius 1 is 1.00 bits per heavy atom. The molecule has 2 aliphatic rings. The van der Waals surface area contributed by atoms with E-state index in [1.54, 1.807) is 24.3 Å². The number of esters is 1. The Morgan fingerprint density at radius 2 is 1.75 bits per heavy atom. The van der Waals surface area contributed by atoms with Gasteiger partial charge in [-0.2, -0.15) is 0 Å². The normalized spacial score (nSPS) is 18.5. The third-order valence-electron chi connectivity index (χ3n) is 6.10. The van der Waals surface area contributed by atoms with E-state index < -0.39 is 6.04 Å². The van der Waals surface area contributed by atoms with Crippen molar-refractivity contribution in [2.75, 3.05) is 24.5 Å². The van der Waals surface area contributed by atoms with Gasteiger partial charge in [0.25, 0.3) is 0 Å². The topological polar surface area (TPSA) is 107 Å². The van der Waals surface area contributed by atoms with Gasteiger partial charge in [0.15, 0.2) is 0 Å². The van der Waals surface area contributed by atoms with Crippen LogP contribution in [0.5, 0.6) is 5.75 Å². The molecule has 4 rings (SSSR count). The molecule has 0 bridgehead atoms. The highest BCUT2D eigenvalue weighted by molar-refractivity contribution is 6.32. The summed E-state index contributed by atoms with van der Waals surface area (Å²) in [5.41, 5.74) is 7.83. The zero-order chi connectivity index (χ0) is 22.7. The van der Waals surface area contributed by atoms with E-state index in [1.165, 1.54) is 0 Å². The lowest BCUT2D eigenvalue weighted by Crippen LogP contribution is -2.46. The molecule has 2 aromatic rings. The SMILES string of the molecule is N=C(N)c1cccc(N2CCCC[C@@H]2C(=O)Oc2ccc(C(=N)N3CCCC3)cc2Cl)c1. The highest BCUT2D eigenvalue weighted by Gasteiger charge is 2.31. The average molecular weight is 454 g/mol. The largest absolute Gasteiger partial charge is 0.423 e. The first-order valence-electron chi connectivity index (χ1n) is 11.0. The molecular formula is C24H28ClN5O2. The van der Waals surface area contributed by atoms with Crippen LogP contribution in [-0.2, 0) is 4.79 Å². The molecule has 0 spiro atoms. The number of hydrogen-bond acceptors (Lipinski definition) is 5. The number of nitrogens with two attached hydrogens (primary N) is 1. The van der Waals surface area contributed by atoms with Crippen LogP contribution in [0.15, 0.2) is 42.5 Å². The summed E-state index contributed by atoms with van der Waals surface area (Å²) >= 11 is 6.43. The highest BCUT2D eigenvalue weighted by Crippen LogP contribution is 2.30. The maximum absolute atomic E-state index is 13.1. The summed E-state index contributed by atoms with van der Waals surface area (Å²) < 4.78 is 5.71. The van der Waals surface area contributed by atoms with Crippen LogP contribution in [0.3, 0.4) is 0 Å². The van der Waals surface area contributed by atoms with E-state index in [4.69, 9.17) is 32.9 Å². The van der Waals surface area contributed by atoms with Crippen LogP contribution in [0.2, 0.25) is 5.02 Å². The summed E-state index contributed by atoms with van der Waals surface area (Å²) in [4.78, 5) is 17.2. The predicted octanol–water partition coefficient (Wildman–Crippen LogP) is 4.01. The molecule has 32 heavy (non-hydrogen) atoms. The van der Waals surface area contributed by atoms with Gasteiger partial charge < -0.3 is 20.3 Å². The standard InChI is InChI=1S/C24H28ClN5O2/c25-19-15-17(23(28)29-11-3-4-12-29)9-10-21(19)32-24(31)20-8-1-2-13-30(20)18-7-5-6-16(14-18)22(26)27/h5-7,9-10,14-15,20,28H,1-4,8,11-13H2,(H3,26,27)/t20-/m1/s1. The number of piperidine rings is 1. The van der Waals surface area contributed by atoms with Crippen LogP contribution in [-0.4, -0.2) is 48.2 Å². The van der Waals surface area contributed by atoms with E-state index in [2.05, 4.69) is 0 Å². The number of carbonyl (C=O) groups excluding carboxylic acids is 1. The van der Waals surface area contributed by atoms with E-state index in [-0.39, 0.29) is 11.8 Å². The van der Waals surface area contributed by atoms with E-state index in [0.29, 0.717) is 28.6 Å². The van der Waals surface area contributed by atoms with Gasteiger partial charge in [-0.25, -0.2) is 4.79 Å². The molecule has 168 valence electrons. The van der Waals surface area contributed by atoms with Crippen molar-refractivity contribution >= 4 is 34.9 Å². The predicted molar refractivity (Wildman–Crippen MR) is 127 cm³/mol. The fourth-order valence-electron chi connectivity index (χ4n) is 4.37. The molecule has 0 unspecified atom stereocenters. The minimum absolute atomic E-state index is 0.00523. The summed E-state index contributed by atoms with van der Waals surface area (Å²) in [6.45, 7) is 2.49. The molecule has 2 aromatic carbocycles. The number of nitrogen functional groups attached to an aromatic ring is 1. The fraction of sp³-hybridized carbons (Fsp3) is 0.375. The number of halogens is 1. The molecule has 0 aliphatic carbocycles. The molecular weight excluding hydrogens is 426 g/mol. The Morgan fingerprint density at radius 3 is 2.47 bits per heavy atom. The van der Waals surface area contributed by atoms with Gasteiger partial charge in [0.2, 0.25) is 0 Å². The van der Waals surface area contributed by atoms with Crippen molar-refractivity contribution in [3.05, 3.63) is 58.6 Å². The summed E-state index contributed by atoms with van der Waals surface area (Å²) in [6, 6.07) is 12.1. The second-order valence-electron chi connectivity index (χ2n) is 8.28. The molecule has 2 saturated heterocycles. The van der Waals surface area contributed by atoms with Crippen LogP contribution in [0.4, 0.5) is 5.69 Å². The van der Waals surface area contributed by atoms with Gasteiger partial charge >= 0.3 is 5.97 Å². The lowest BCUT2D eigenvalue weighted by Gasteiger charge is -2.36. The Balaban J connectivity index is 1.50. The summed E-state index contributed by atoms with van der Waals surface area (Å²) in [6.07, 6.45) is 4.78. The number of nitrogens with zero attached hydrogens (tertiary/aromatic N) is 2.